The number of hydrogen-bond acceptors (Lipinski definition) is 4. The molecule has 1 aliphatic rings. The molecule has 0 unspecified atom stereocenters. The van der Waals surface area contributed by atoms with Gasteiger partial charge in [-0.2, -0.15) is 0 Å². The van der Waals surface area contributed by atoms with Gasteiger partial charge in [-0.15, -0.1) is 0 Å². The molecule has 2 aromatic carbocycles. The monoisotopic (exact) mass is 386 g/mol. The number of nitrogens with zero attached hydrogens (tertiary/aromatic N) is 2. The van der Waals surface area contributed by atoms with Crippen LogP contribution < -0.4 is 15.5 Å². The number of pyridine rings is 1. The summed E-state index contributed by atoms with van der Waals surface area (Å²) in [6, 6.07) is 16.2. The van der Waals surface area contributed by atoms with Crippen molar-refractivity contribution >= 4 is 28.7 Å². The van der Waals surface area contributed by atoms with Crippen molar-refractivity contribution in [3.8, 4) is 0 Å². The summed E-state index contributed by atoms with van der Waals surface area (Å²) in [4.78, 5) is 19.3. The average Bonchev–Trinajstić information content (AvgIpc) is 3.26. The topological polar surface area (TPSA) is 57.3 Å². The van der Waals surface area contributed by atoms with Gasteiger partial charge in [0, 0.05) is 36.3 Å². The van der Waals surface area contributed by atoms with Crippen LogP contribution in [0.4, 0.5) is 22.7 Å². The fraction of sp³-hybridized carbons (Fsp3) is 0.250. The molecule has 1 aromatic heterocycles. The zero-order valence-electron chi connectivity index (χ0n) is 16.9. The van der Waals surface area contributed by atoms with Gasteiger partial charge in [-0.3, -0.25) is 9.78 Å². The van der Waals surface area contributed by atoms with Crippen LogP contribution in [-0.4, -0.2) is 24.0 Å². The molecule has 0 bridgehead atoms. The Bertz CT molecular complexity index is 1010. The van der Waals surface area contributed by atoms with Crippen molar-refractivity contribution in [2.24, 2.45) is 0 Å². The number of rotatable bonds is 5. The summed E-state index contributed by atoms with van der Waals surface area (Å²) in [7, 11) is 0. The molecule has 0 radical (unpaired) electrons. The third-order valence-corrected chi connectivity index (χ3v) is 5.26. The van der Waals surface area contributed by atoms with E-state index in [1.165, 1.54) is 24.1 Å². The van der Waals surface area contributed by atoms with Crippen LogP contribution in [0.5, 0.6) is 0 Å². The number of aromatic nitrogens is 1. The minimum absolute atomic E-state index is 0.169. The molecule has 5 nitrogen and oxygen atoms in total. The lowest BCUT2D eigenvalue weighted by molar-refractivity contribution is 0.102. The van der Waals surface area contributed by atoms with Crippen molar-refractivity contribution in [1.29, 1.82) is 0 Å². The molecule has 5 heteroatoms. The van der Waals surface area contributed by atoms with Gasteiger partial charge >= 0.3 is 0 Å². The molecule has 29 heavy (non-hydrogen) atoms. The van der Waals surface area contributed by atoms with E-state index < -0.39 is 0 Å². The van der Waals surface area contributed by atoms with E-state index in [9.17, 15) is 4.79 Å². The van der Waals surface area contributed by atoms with Gasteiger partial charge < -0.3 is 15.5 Å². The van der Waals surface area contributed by atoms with Gasteiger partial charge in [0.1, 0.15) is 0 Å². The van der Waals surface area contributed by atoms with Gasteiger partial charge in [0.25, 0.3) is 5.91 Å². The van der Waals surface area contributed by atoms with Crippen LogP contribution in [0.25, 0.3) is 0 Å². The summed E-state index contributed by atoms with van der Waals surface area (Å²) in [6.45, 7) is 6.29. The molecule has 2 heterocycles. The van der Waals surface area contributed by atoms with E-state index in [0.29, 0.717) is 5.56 Å². The number of nitrogens with one attached hydrogen (secondary N) is 2. The van der Waals surface area contributed by atoms with Crippen molar-refractivity contribution in [1.82, 2.24) is 4.98 Å². The summed E-state index contributed by atoms with van der Waals surface area (Å²) in [5, 5.41) is 6.31. The lowest BCUT2D eigenvalue weighted by atomic mass is 10.1. The lowest BCUT2D eigenvalue weighted by Crippen LogP contribution is -2.17. The normalized spacial score (nSPS) is 13.4. The summed E-state index contributed by atoms with van der Waals surface area (Å²) in [6.07, 6.45) is 5.84. The molecule has 148 valence electrons. The van der Waals surface area contributed by atoms with Crippen LogP contribution in [0.15, 0.2) is 60.9 Å². The minimum Gasteiger partial charge on any atom is -0.372 e. The summed E-state index contributed by atoms with van der Waals surface area (Å²) in [5.74, 6) is -0.169. The van der Waals surface area contributed by atoms with Crippen LogP contribution in [0.2, 0.25) is 0 Å². The maximum absolute atomic E-state index is 12.7. The minimum atomic E-state index is -0.169. The molecule has 0 spiro atoms. The van der Waals surface area contributed by atoms with Gasteiger partial charge in [0.05, 0.1) is 17.4 Å². The third kappa shape index (κ3) is 4.57. The van der Waals surface area contributed by atoms with Crippen LogP contribution in [0.3, 0.4) is 0 Å². The third-order valence-electron chi connectivity index (χ3n) is 5.26. The highest BCUT2D eigenvalue weighted by atomic mass is 16.1. The molecule has 1 amide bonds. The van der Waals surface area contributed by atoms with Crippen molar-refractivity contribution in [3.63, 3.8) is 0 Å². The number of amides is 1. The van der Waals surface area contributed by atoms with Crippen LogP contribution >= 0.6 is 0 Å². The van der Waals surface area contributed by atoms with Crippen LogP contribution in [0, 0.1) is 13.8 Å². The standard InChI is InChI=1S/C24H26N4O/c1-17-5-10-23(18(2)13-17)27-24(29)19-14-21(16-25-15-19)26-20-6-8-22(9-7-20)28-11-3-4-12-28/h5-10,13-16,26H,3-4,11-12H2,1-2H3,(H,27,29). The average molecular weight is 386 g/mol. The summed E-state index contributed by atoms with van der Waals surface area (Å²) >= 11 is 0. The highest BCUT2D eigenvalue weighted by Crippen LogP contribution is 2.24. The van der Waals surface area contributed by atoms with Crippen LogP contribution in [0.1, 0.15) is 34.3 Å². The quantitative estimate of drug-likeness (QED) is 0.625. The highest BCUT2D eigenvalue weighted by Gasteiger charge is 2.12. The van der Waals surface area contributed by atoms with E-state index in [4.69, 9.17) is 0 Å². The molecule has 0 saturated carbocycles. The second-order valence-electron chi connectivity index (χ2n) is 7.60. The molecule has 4 rings (SSSR count). The first kappa shape index (κ1) is 19.0. The smallest absolute Gasteiger partial charge is 0.257 e. The number of hydrogen-bond donors (Lipinski definition) is 2. The first-order valence-electron chi connectivity index (χ1n) is 10.0. The van der Waals surface area contributed by atoms with E-state index in [1.54, 1.807) is 12.4 Å². The van der Waals surface area contributed by atoms with E-state index in [1.807, 2.05) is 32.0 Å². The second-order valence-corrected chi connectivity index (χ2v) is 7.60. The second kappa shape index (κ2) is 8.35. The fourth-order valence-corrected chi connectivity index (χ4v) is 3.68. The molecular weight excluding hydrogens is 360 g/mol. The SMILES string of the molecule is Cc1ccc(NC(=O)c2cncc(Nc3ccc(N4CCCC4)cc3)c2)c(C)c1. The number of carbonyl (C=O) groups is 1. The molecule has 1 saturated heterocycles. The van der Waals surface area contributed by atoms with Crippen molar-refractivity contribution in [2.45, 2.75) is 26.7 Å². The Morgan fingerprint density at radius 2 is 1.69 bits per heavy atom. The molecular formula is C24H26N4O. The fourth-order valence-electron chi connectivity index (χ4n) is 3.68. The van der Waals surface area contributed by atoms with Gasteiger partial charge in [0.15, 0.2) is 0 Å². The van der Waals surface area contributed by atoms with Crippen LogP contribution in [-0.2, 0) is 0 Å². The Kier molecular flexibility index (Phi) is 5.47. The number of aryl methyl sites for hydroxylation is 2. The molecule has 0 aliphatic carbocycles. The molecule has 2 N–H and O–H groups in total. The van der Waals surface area contributed by atoms with Crippen molar-refractivity contribution in [3.05, 3.63) is 77.6 Å². The molecule has 3 aromatic rings. The van der Waals surface area contributed by atoms with Gasteiger partial charge in [-0.1, -0.05) is 17.7 Å². The molecule has 1 fully saturated rings. The number of benzene rings is 2. The Hall–Kier alpha value is -3.34. The zero-order chi connectivity index (χ0) is 20.2. The number of anilines is 4. The van der Waals surface area contributed by atoms with E-state index >= 15 is 0 Å². The maximum atomic E-state index is 12.7. The van der Waals surface area contributed by atoms with Crippen molar-refractivity contribution in [2.75, 3.05) is 28.6 Å². The highest BCUT2D eigenvalue weighted by molar-refractivity contribution is 6.05. The molecule has 1 aliphatic heterocycles. The van der Waals surface area contributed by atoms with Crippen molar-refractivity contribution < 1.29 is 4.79 Å². The Balaban J connectivity index is 1.44. The Morgan fingerprint density at radius 1 is 0.931 bits per heavy atom. The van der Waals surface area contributed by atoms with Gasteiger partial charge in [0.2, 0.25) is 0 Å². The summed E-state index contributed by atoms with van der Waals surface area (Å²) < 4.78 is 0. The first-order chi connectivity index (χ1) is 14.1. The Morgan fingerprint density at radius 3 is 2.41 bits per heavy atom. The van der Waals surface area contributed by atoms with E-state index in [0.717, 1.165) is 35.7 Å². The predicted octanol–water partition coefficient (Wildman–Crippen LogP) is 5.29. The van der Waals surface area contributed by atoms with E-state index in [2.05, 4.69) is 50.8 Å². The summed E-state index contributed by atoms with van der Waals surface area (Å²) in [5.41, 5.74) is 6.56. The Labute approximate surface area is 171 Å². The largest absolute Gasteiger partial charge is 0.372 e. The van der Waals surface area contributed by atoms with Gasteiger partial charge in [-0.25, -0.2) is 0 Å². The lowest BCUT2D eigenvalue weighted by Gasteiger charge is -2.18. The van der Waals surface area contributed by atoms with Gasteiger partial charge in [-0.05, 0) is 68.7 Å². The predicted molar refractivity (Wildman–Crippen MR) is 119 cm³/mol. The maximum Gasteiger partial charge on any atom is 0.257 e. The number of carbonyl (C=O) groups excluding carboxylic acids is 1. The first-order valence-corrected chi connectivity index (χ1v) is 10.0. The van der Waals surface area contributed by atoms with E-state index in [-0.39, 0.29) is 5.91 Å². The zero-order valence-corrected chi connectivity index (χ0v) is 16.9. The molecule has 0 atom stereocenters.